The van der Waals surface area contributed by atoms with E-state index in [1.807, 2.05) is 30.3 Å². The van der Waals surface area contributed by atoms with Crippen molar-refractivity contribution in [1.82, 2.24) is 16.0 Å². The van der Waals surface area contributed by atoms with E-state index in [2.05, 4.69) is 20.9 Å². The molecule has 0 radical (unpaired) electrons. The lowest BCUT2D eigenvalue weighted by Crippen LogP contribution is -2.57. The van der Waals surface area contributed by atoms with Crippen LogP contribution in [0.4, 0.5) is 13.2 Å². The van der Waals surface area contributed by atoms with Gasteiger partial charge in [-0.25, -0.2) is 4.79 Å². The number of rotatable bonds is 16. The SMILES string of the molecule is N=C(N)c1ccc(C[C@@H](C(=O)NCc2ccccc2)C(=O)NC(C(=O)NC(CCCN=C(N)N)C(N)=O)C2CCCCC2)cc1.O=C(O)C(F)(F)F. The fraction of sp³-hybridized carbons (Fsp3) is 0.441. The summed E-state index contributed by atoms with van der Waals surface area (Å²) >= 11 is 0. The Balaban J connectivity index is 0.00000121. The Hall–Kier alpha value is -5.68. The Kier molecular flexibility index (Phi) is 17.0. The van der Waals surface area contributed by atoms with Gasteiger partial charge in [0.2, 0.25) is 23.6 Å². The number of primary amides is 1. The van der Waals surface area contributed by atoms with Gasteiger partial charge in [-0.2, -0.15) is 13.2 Å². The monoisotopic (exact) mass is 733 g/mol. The molecular weight excluding hydrogens is 687 g/mol. The molecule has 13 N–H and O–H groups in total. The van der Waals surface area contributed by atoms with Crippen molar-refractivity contribution in [2.24, 2.45) is 39.8 Å². The van der Waals surface area contributed by atoms with Gasteiger partial charge in [0.05, 0.1) is 0 Å². The molecule has 1 aliphatic carbocycles. The summed E-state index contributed by atoms with van der Waals surface area (Å²) in [5, 5.41) is 23.2. The Bertz CT molecular complexity index is 1550. The molecule has 0 spiro atoms. The largest absolute Gasteiger partial charge is 0.490 e. The summed E-state index contributed by atoms with van der Waals surface area (Å²) in [6.45, 7) is 0.483. The van der Waals surface area contributed by atoms with Crippen molar-refractivity contribution in [1.29, 1.82) is 5.41 Å². The summed E-state index contributed by atoms with van der Waals surface area (Å²) in [5.41, 5.74) is 24.0. The van der Waals surface area contributed by atoms with E-state index >= 15 is 0 Å². The van der Waals surface area contributed by atoms with Crippen LogP contribution in [0.5, 0.6) is 0 Å². The van der Waals surface area contributed by atoms with Crippen molar-refractivity contribution in [3.63, 3.8) is 0 Å². The van der Waals surface area contributed by atoms with Crippen molar-refractivity contribution in [2.45, 2.75) is 76.2 Å². The van der Waals surface area contributed by atoms with Crippen LogP contribution in [0.15, 0.2) is 59.6 Å². The average Bonchev–Trinajstić information content (AvgIpc) is 3.10. The van der Waals surface area contributed by atoms with Crippen LogP contribution >= 0.6 is 0 Å². The molecule has 0 aromatic heterocycles. The molecular formula is C34H46F3N9O6. The summed E-state index contributed by atoms with van der Waals surface area (Å²) in [7, 11) is 0. The third kappa shape index (κ3) is 15.1. The van der Waals surface area contributed by atoms with Crippen LogP contribution in [0.1, 0.15) is 61.6 Å². The number of halogens is 3. The number of carboxylic acids is 1. The lowest BCUT2D eigenvalue weighted by atomic mass is 9.83. The van der Waals surface area contributed by atoms with E-state index < -0.39 is 53.8 Å². The smallest absolute Gasteiger partial charge is 0.475 e. The number of guanidine groups is 1. The van der Waals surface area contributed by atoms with Gasteiger partial charge in [-0.1, -0.05) is 73.9 Å². The molecule has 1 saturated carbocycles. The van der Waals surface area contributed by atoms with Crippen LogP contribution in [0.25, 0.3) is 0 Å². The molecule has 4 amide bonds. The maximum Gasteiger partial charge on any atom is 0.490 e. The predicted molar refractivity (Wildman–Crippen MR) is 186 cm³/mol. The number of nitrogens with one attached hydrogen (secondary N) is 4. The number of hydrogen-bond donors (Lipinski definition) is 9. The molecule has 0 aliphatic heterocycles. The first-order valence-corrected chi connectivity index (χ1v) is 16.5. The number of nitrogens with zero attached hydrogens (tertiary/aromatic N) is 1. The number of aliphatic carboxylic acids is 1. The number of carboxylic acid groups (broad SMARTS) is 1. The van der Waals surface area contributed by atoms with Gasteiger partial charge >= 0.3 is 12.1 Å². The maximum atomic E-state index is 13.9. The zero-order valence-electron chi connectivity index (χ0n) is 28.5. The van der Waals surface area contributed by atoms with Crippen LogP contribution in [-0.4, -0.2) is 71.3 Å². The second kappa shape index (κ2) is 20.9. The number of alkyl halides is 3. The number of hydrogen-bond acceptors (Lipinski definition) is 7. The van der Waals surface area contributed by atoms with Crippen molar-refractivity contribution < 1.29 is 42.3 Å². The summed E-state index contributed by atoms with van der Waals surface area (Å²) in [5.74, 6) is -6.62. The molecule has 2 aromatic rings. The molecule has 1 aliphatic rings. The fourth-order valence-corrected chi connectivity index (χ4v) is 5.44. The number of nitrogen functional groups attached to an aromatic ring is 1. The normalized spacial score (nSPS) is 14.6. The quantitative estimate of drug-likeness (QED) is 0.0517. The van der Waals surface area contributed by atoms with Gasteiger partial charge in [0.15, 0.2) is 5.96 Å². The highest BCUT2D eigenvalue weighted by Crippen LogP contribution is 2.27. The van der Waals surface area contributed by atoms with Crippen molar-refractivity contribution in [3.05, 3.63) is 71.3 Å². The number of benzene rings is 2. The summed E-state index contributed by atoms with van der Waals surface area (Å²) in [4.78, 5) is 66.1. The van der Waals surface area contributed by atoms with Crippen LogP contribution in [0.2, 0.25) is 0 Å². The molecule has 52 heavy (non-hydrogen) atoms. The Morgan fingerprint density at radius 2 is 1.44 bits per heavy atom. The van der Waals surface area contributed by atoms with E-state index in [1.165, 1.54) is 0 Å². The van der Waals surface area contributed by atoms with Crippen LogP contribution in [0.3, 0.4) is 0 Å². The third-order valence-corrected chi connectivity index (χ3v) is 8.20. The lowest BCUT2D eigenvalue weighted by molar-refractivity contribution is -0.192. The fourth-order valence-electron chi connectivity index (χ4n) is 5.44. The number of carbonyl (C=O) groups is 5. The van der Waals surface area contributed by atoms with E-state index in [1.54, 1.807) is 24.3 Å². The summed E-state index contributed by atoms with van der Waals surface area (Å²) < 4.78 is 31.7. The van der Waals surface area contributed by atoms with E-state index in [9.17, 15) is 32.3 Å². The van der Waals surface area contributed by atoms with E-state index in [0.29, 0.717) is 30.4 Å². The Morgan fingerprint density at radius 3 is 1.96 bits per heavy atom. The zero-order chi connectivity index (χ0) is 38.8. The number of amidine groups is 1. The first-order valence-electron chi connectivity index (χ1n) is 16.5. The van der Waals surface area contributed by atoms with Crippen molar-refractivity contribution in [3.8, 4) is 0 Å². The molecule has 3 rings (SSSR count). The first-order chi connectivity index (χ1) is 24.5. The number of nitrogens with two attached hydrogens (primary N) is 4. The van der Waals surface area contributed by atoms with Crippen molar-refractivity contribution >= 4 is 41.4 Å². The molecule has 2 aromatic carbocycles. The summed E-state index contributed by atoms with van der Waals surface area (Å²) in [6.07, 6.45) is -0.186. The highest BCUT2D eigenvalue weighted by Gasteiger charge is 2.38. The number of amides is 4. The Labute approximate surface area is 298 Å². The van der Waals surface area contributed by atoms with Gasteiger partial charge < -0.3 is 44.0 Å². The molecule has 2 unspecified atom stereocenters. The minimum Gasteiger partial charge on any atom is -0.475 e. The van der Waals surface area contributed by atoms with Crippen LogP contribution in [0, 0.1) is 17.2 Å². The van der Waals surface area contributed by atoms with Crippen LogP contribution < -0.4 is 38.9 Å². The Morgan fingerprint density at radius 1 is 0.846 bits per heavy atom. The average molecular weight is 734 g/mol. The number of aliphatic imine (C=N–C) groups is 1. The van der Waals surface area contributed by atoms with Crippen molar-refractivity contribution in [2.75, 3.05) is 6.54 Å². The molecule has 0 heterocycles. The van der Waals surface area contributed by atoms with Crippen LogP contribution in [-0.2, 0) is 36.9 Å². The highest BCUT2D eigenvalue weighted by molar-refractivity contribution is 6.02. The maximum absolute atomic E-state index is 13.9. The van der Waals surface area contributed by atoms with Gasteiger partial charge in [0.1, 0.15) is 23.8 Å². The standard InChI is InChI=1S/C32H45N9O4.C2HF3O2/c33-27(34)23-15-13-20(14-16-23)18-24(29(43)39-19-21-8-3-1-4-9-21)30(44)41-26(22-10-5-2-6-11-22)31(45)40-25(28(35)42)12-7-17-38-32(36)37;3-2(4,5)1(6)7/h1,3-4,8-9,13-16,22,24-26H,2,5-7,10-12,17-19H2,(H3,33,34)(H2,35,42)(H,39,43)(H,40,45)(H,41,44)(H4,36,37,38);(H,6,7)/t24-,25?,26?;/m0./s1. The highest BCUT2D eigenvalue weighted by atomic mass is 19.4. The lowest BCUT2D eigenvalue weighted by Gasteiger charge is -2.32. The van der Waals surface area contributed by atoms with E-state index in [4.69, 9.17) is 38.2 Å². The minimum absolute atomic E-state index is 0.0539. The predicted octanol–water partition coefficient (Wildman–Crippen LogP) is 1.17. The second-order valence-electron chi connectivity index (χ2n) is 12.2. The number of carbonyl (C=O) groups excluding carboxylic acids is 4. The molecule has 0 saturated heterocycles. The molecule has 284 valence electrons. The van der Waals surface area contributed by atoms with Gasteiger partial charge in [-0.3, -0.25) is 29.6 Å². The molecule has 0 bridgehead atoms. The first kappa shape index (κ1) is 42.5. The topological polar surface area (TPSA) is 282 Å². The van der Waals surface area contributed by atoms with E-state index in [0.717, 1.165) is 24.8 Å². The molecule has 18 heteroatoms. The van der Waals surface area contributed by atoms with Gasteiger partial charge in [0, 0.05) is 18.7 Å². The zero-order valence-corrected chi connectivity index (χ0v) is 28.5. The minimum atomic E-state index is -5.08. The van der Waals surface area contributed by atoms with Gasteiger partial charge in [0.25, 0.3) is 0 Å². The summed E-state index contributed by atoms with van der Waals surface area (Å²) in [6, 6.07) is 14.1. The molecule has 1 fully saturated rings. The van der Waals surface area contributed by atoms with Gasteiger partial charge in [-0.15, -0.1) is 0 Å². The van der Waals surface area contributed by atoms with Gasteiger partial charge in [-0.05, 0) is 49.1 Å². The molecule has 15 nitrogen and oxygen atoms in total. The third-order valence-electron chi connectivity index (χ3n) is 8.20. The second-order valence-corrected chi connectivity index (χ2v) is 12.2. The van der Waals surface area contributed by atoms with E-state index in [-0.39, 0.29) is 43.6 Å². The molecule has 3 atom stereocenters.